The van der Waals surface area contributed by atoms with Crippen molar-refractivity contribution in [3.8, 4) is 22.8 Å². The number of aromatic nitrogens is 3. The number of nitrogens with zero attached hydrogens (tertiary/aromatic N) is 4. The Kier molecular flexibility index (Phi) is 5.42. The molecule has 2 bridgehead atoms. The molecule has 0 radical (unpaired) electrons. The van der Waals surface area contributed by atoms with Gasteiger partial charge in [0.05, 0.1) is 17.3 Å². The van der Waals surface area contributed by atoms with Gasteiger partial charge in [0.25, 0.3) is 5.91 Å². The second kappa shape index (κ2) is 8.38. The van der Waals surface area contributed by atoms with Crippen molar-refractivity contribution >= 4 is 11.6 Å². The maximum Gasteiger partial charge on any atom is 0.417 e. The highest BCUT2D eigenvalue weighted by Crippen LogP contribution is 2.45. The van der Waals surface area contributed by atoms with Crippen molar-refractivity contribution in [3.05, 3.63) is 52.9 Å². The van der Waals surface area contributed by atoms with Crippen LogP contribution < -0.4 is 15.8 Å². The molecular weight excluding hydrogens is 511 g/mol. The summed E-state index contributed by atoms with van der Waals surface area (Å²) in [5, 5.41) is 7.51. The van der Waals surface area contributed by atoms with Gasteiger partial charge in [-0.05, 0) is 44.4 Å². The van der Waals surface area contributed by atoms with Gasteiger partial charge >= 0.3 is 6.18 Å². The van der Waals surface area contributed by atoms with Crippen LogP contribution in [0.4, 0.5) is 27.6 Å². The molecule has 200 valence electrons. The Hall–Kier alpha value is -3.74. The molecule has 3 N–H and O–H groups in total. The maximum absolute atomic E-state index is 16.4. The van der Waals surface area contributed by atoms with Gasteiger partial charge in [-0.2, -0.15) is 18.3 Å². The average Bonchev–Trinajstić information content (AvgIpc) is 3.49. The molecule has 8 nitrogen and oxygen atoms in total. The van der Waals surface area contributed by atoms with Gasteiger partial charge in [0.2, 0.25) is 5.88 Å². The first kappa shape index (κ1) is 24.6. The molecule has 38 heavy (non-hydrogen) atoms. The van der Waals surface area contributed by atoms with Gasteiger partial charge in [0, 0.05) is 36.6 Å². The van der Waals surface area contributed by atoms with Crippen LogP contribution in [0.25, 0.3) is 16.9 Å². The Morgan fingerprint density at radius 1 is 1.21 bits per heavy atom. The smallest absolute Gasteiger partial charge is 0.417 e. The Labute approximate surface area is 213 Å². The molecule has 4 atom stereocenters. The molecule has 2 saturated heterocycles. The minimum absolute atomic E-state index is 0.0594. The third-order valence-electron chi connectivity index (χ3n) is 7.60. The number of hydrogen-bond acceptors (Lipinski definition) is 6. The van der Waals surface area contributed by atoms with E-state index in [2.05, 4.69) is 15.4 Å². The van der Waals surface area contributed by atoms with Crippen LogP contribution in [0.15, 0.2) is 24.5 Å². The molecule has 0 spiro atoms. The molecular formula is C25H23F5N6O2. The van der Waals surface area contributed by atoms with Crippen molar-refractivity contribution in [2.24, 2.45) is 0 Å². The molecule has 5 heterocycles. The highest BCUT2D eigenvalue weighted by atomic mass is 19.4. The number of carbonyl (C=O) groups is 1. The molecule has 2 aromatic heterocycles. The number of anilines is 1. The Balaban J connectivity index is 1.65. The summed E-state index contributed by atoms with van der Waals surface area (Å²) in [5.41, 5.74) is 0.636. The molecule has 1 amide bonds. The number of halogens is 5. The van der Waals surface area contributed by atoms with Crippen LogP contribution >= 0.6 is 0 Å². The number of hydrogen-bond donors (Lipinski definition) is 2. The van der Waals surface area contributed by atoms with E-state index in [9.17, 15) is 22.4 Å². The van der Waals surface area contributed by atoms with E-state index in [1.807, 2.05) is 0 Å². The molecule has 2 fully saturated rings. The average molecular weight is 534 g/mol. The van der Waals surface area contributed by atoms with E-state index >= 15 is 4.39 Å². The van der Waals surface area contributed by atoms with E-state index in [-0.39, 0.29) is 23.5 Å². The lowest BCUT2D eigenvalue weighted by atomic mass is 9.95. The summed E-state index contributed by atoms with van der Waals surface area (Å²) in [4.78, 5) is 19.7. The quantitative estimate of drug-likeness (QED) is 0.383. The first-order valence-electron chi connectivity index (χ1n) is 12.1. The Bertz CT molecular complexity index is 1460. The molecule has 0 aliphatic carbocycles. The summed E-state index contributed by atoms with van der Waals surface area (Å²) in [6.07, 6.45) is -1.30. The highest BCUT2D eigenvalue weighted by molar-refractivity contribution is 6.01. The van der Waals surface area contributed by atoms with E-state index in [0.717, 1.165) is 24.4 Å². The number of benzene rings is 1. The standard InChI is InChI=1S/C25H23F5N6O2/c1-10-17(25(28,29)30)13(8-14(31)18(10)26)20-19(27)22(36-7-3-6-32-36)16-23(34-20)38-11(2)21-15-5-4-12(33-15)9-35(21)24(16)37/h3,6-8,11-12,15,21,33H,4-5,9,31H2,1-2H3/t11-,12+,15-,21+/m0/s1. The number of alkyl halides is 3. The second-order valence-corrected chi connectivity index (χ2v) is 9.90. The number of ether oxygens (including phenoxy) is 1. The van der Waals surface area contributed by atoms with E-state index < -0.39 is 69.6 Å². The van der Waals surface area contributed by atoms with E-state index in [1.54, 1.807) is 11.8 Å². The third kappa shape index (κ3) is 3.55. The van der Waals surface area contributed by atoms with E-state index in [1.165, 1.54) is 18.5 Å². The lowest BCUT2D eigenvalue weighted by molar-refractivity contribution is -0.137. The van der Waals surface area contributed by atoms with Crippen LogP contribution in [0, 0.1) is 18.6 Å². The minimum atomic E-state index is -5.06. The van der Waals surface area contributed by atoms with Crippen LogP contribution in [0.1, 0.15) is 41.3 Å². The van der Waals surface area contributed by atoms with E-state index in [0.29, 0.717) is 12.6 Å². The number of nitrogen functional groups attached to an aromatic ring is 1. The summed E-state index contributed by atoms with van der Waals surface area (Å²) >= 11 is 0. The number of nitrogens with one attached hydrogen (secondary N) is 1. The van der Waals surface area contributed by atoms with Gasteiger partial charge in [-0.25, -0.2) is 18.4 Å². The highest BCUT2D eigenvalue weighted by Gasteiger charge is 2.49. The van der Waals surface area contributed by atoms with Gasteiger partial charge in [0.1, 0.15) is 28.9 Å². The van der Waals surface area contributed by atoms with Crippen LogP contribution in [0.2, 0.25) is 0 Å². The number of nitrogens with two attached hydrogens (primary N) is 1. The molecule has 1 aromatic carbocycles. The molecule has 6 rings (SSSR count). The largest absolute Gasteiger partial charge is 0.472 e. The summed E-state index contributed by atoms with van der Waals surface area (Å²) in [5.74, 6) is -3.39. The zero-order chi connectivity index (χ0) is 27.1. The van der Waals surface area contributed by atoms with Crippen molar-refractivity contribution in [2.45, 2.75) is 57.1 Å². The zero-order valence-corrected chi connectivity index (χ0v) is 20.3. The summed E-state index contributed by atoms with van der Waals surface area (Å²) < 4.78 is 80.4. The molecule has 3 aromatic rings. The fourth-order valence-electron chi connectivity index (χ4n) is 6.00. The summed E-state index contributed by atoms with van der Waals surface area (Å²) in [7, 11) is 0. The van der Waals surface area contributed by atoms with Crippen molar-refractivity contribution in [1.29, 1.82) is 0 Å². The third-order valence-corrected chi connectivity index (χ3v) is 7.60. The molecule has 0 unspecified atom stereocenters. The van der Waals surface area contributed by atoms with Crippen molar-refractivity contribution in [2.75, 3.05) is 12.3 Å². The number of pyridine rings is 1. The molecule has 3 aliphatic rings. The topological polar surface area (TPSA) is 98.3 Å². The predicted octanol–water partition coefficient (Wildman–Crippen LogP) is 3.85. The minimum Gasteiger partial charge on any atom is -0.472 e. The van der Waals surface area contributed by atoms with E-state index in [4.69, 9.17) is 10.5 Å². The van der Waals surface area contributed by atoms with Gasteiger partial charge in [0.15, 0.2) is 5.82 Å². The molecule has 0 saturated carbocycles. The SMILES string of the molecule is Cc1c(F)c(N)cc(-c2nc3c(c(-n4cccn4)c2F)C(=O)N2C[C@H]4CC[C@H](N4)[C@H]2[C@H](C)O3)c1C(F)(F)F. The maximum atomic E-state index is 16.4. The lowest BCUT2D eigenvalue weighted by Crippen LogP contribution is -2.63. The van der Waals surface area contributed by atoms with Gasteiger partial charge in [-0.15, -0.1) is 0 Å². The first-order valence-corrected chi connectivity index (χ1v) is 12.1. The summed E-state index contributed by atoms with van der Waals surface area (Å²) in [6, 6.07) is 1.78. The fourth-order valence-corrected chi connectivity index (χ4v) is 6.00. The zero-order valence-electron chi connectivity index (χ0n) is 20.3. The fraction of sp³-hybridized carbons (Fsp3) is 0.400. The second-order valence-electron chi connectivity index (χ2n) is 9.90. The normalized spacial score (nSPS) is 24.6. The van der Waals surface area contributed by atoms with Gasteiger partial charge < -0.3 is 20.7 Å². The molecule has 3 aliphatic heterocycles. The van der Waals surface area contributed by atoms with Crippen LogP contribution in [0.3, 0.4) is 0 Å². The van der Waals surface area contributed by atoms with Crippen LogP contribution in [-0.2, 0) is 6.18 Å². The van der Waals surface area contributed by atoms with Crippen molar-refractivity contribution in [1.82, 2.24) is 25.0 Å². The number of piperazine rings is 1. The summed E-state index contributed by atoms with van der Waals surface area (Å²) in [6.45, 7) is 3.01. The monoisotopic (exact) mass is 534 g/mol. The first-order chi connectivity index (χ1) is 18.0. The number of fused-ring (bicyclic) bond motifs is 5. The van der Waals surface area contributed by atoms with Gasteiger partial charge in [-0.1, -0.05) is 0 Å². The van der Waals surface area contributed by atoms with Crippen LogP contribution in [0.5, 0.6) is 5.88 Å². The number of carbonyl (C=O) groups excluding carboxylic acids is 1. The Morgan fingerprint density at radius 2 is 1.97 bits per heavy atom. The van der Waals surface area contributed by atoms with Crippen molar-refractivity contribution in [3.63, 3.8) is 0 Å². The number of rotatable bonds is 2. The molecule has 13 heteroatoms. The van der Waals surface area contributed by atoms with Crippen molar-refractivity contribution < 1.29 is 31.5 Å². The number of amides is 1. The lowest BCUT2D eigenvalue weighted by Gasteiger charge is -2.41. The van der Waals surface area contributed by atoms with Crippen LogP contribution in [-0.4, -0.2) is 56.3 Å². The van der Waals surface area contributed by atoms with Gasteiger partial charge in [-0.3, -0.25) is 4.79 Å². The predicted molar refractivity (Wildman–Crippen MR) is 126 cm³/mol. The Morgan fingerprint density at radius 3 is 2.66 bits per heavy atom.